The molecule has 1 aromatic heterocycles. The number of carbonyl (C=O) groups is 2. The number of piperazine rings is 1. The molecule has 2 amide bonds. The van der Waals surface area contributed by atoms with Crippen LogP contribution in [-0.2, 0) is 6.54 Å². The van der Waals surface area contributed by atoms with Crippen molar-refractivity contribution in [3.05, 3.63) is 82.3 Å². The number of carbonyl (C=O) groups excluding carboxylic acids is 2. The Kier molecular flexibility index (Phi) is 7.84. The normalized spacial score (nSPS) is 13.3. The molecule has 1 aliphatic heterocycles. The van der Waals surface area contributed by atoms with Gasteiger partial charge in [-0.25, -0.2) is 4.68 Å². The molecule has 10 heteroatoms. The fourth-order valence-electron chi connectivity index (χ4n) is 3.91. The van der Waals surface area contributed by atoms with E-state index in [9.17, 15) is 14.4 Å². The van der Waals surface area contributed by atoms with Gasteiger partial charge in [0.25, 0.3) is 17.4 Å². The second kappa shape index (κ2) is 11.4. The maximum Gasteiger partial charge on any atom is 0.274 e. The molecule has 4 rings (SSSR count). The Hall–Kier alpha value is -4.34. The van der Waals surface area contributed by atoms with Gasteiger partial charge in [0.1, 0.15) is 29.5 Å². The first kappa shape index (κ1) is 24.8. The molecule has 1 saturated heterocycles. The smallest absolute Gasteiger partial charge is 0.274 e. The van der Waals surface area contributed by atoms with Crippen molar-refractivity contribution in [1.29, 1.82) is 0 Å². The molecule has 0 atom stereocenters. The van der Waals surface area contributed by atoms with Crippen LogP contribution in [0, 0.1) is 0 Å². The summed E-state index contributed by atoms with van der Waals surface area (Å²) in [6, 6.07) is 17.1. The highest BCUT2D eigenvalue weighted by Gasteiger charge is 2.28. The van der Waals surface area contributed by atoms with Crippen molar-refractivity contribution >= 4 is 11.8 Å². The zero-order valence-corrected chi connectivity index (χ0v) is 20.3. The largest absolute Gasteiger partial charge is 0.497 e. The highest BCUT2D eigenvalue weighted by molar-refractivity contribution is 5.97. The Balaban J connectivity index is 1.36. The highest BCUT2D eigenvalue weighted by Crippen LogP contribution is 2.26. The topological polar surface area (TPSA) is 103 Å². The van der Waals surface area contributed by atoms with Crippen molar-refractivity contribution in [3.63, 3.8) is 0 Å². The third kappa shape index (κ3) is 5.65. The van der Waals surface area contributed by atoms with Crippen molar-refractivity contribution in [2.45, 2.75) is 6.54 Å². The molecule has 0 N–H and O–H groups in total. The number of methoxy groups -OCH3 is 2. The van der Waals surface area contributed by atoms with Gasteiger partial charge in [-0.3, -0.25) is 14.4 Å². The molecule has 2 aromatic carbocycles. The van der Waals surface area contributed by atoms with Crippen molar-refractivity contribution in [2.75, 3.05) is 47.0 Å². The molecule has 0 bridgehead atoms. The zero-order valence-electron chi connectivity index (χ0n) is 20.3. The lowest BCUT2D eigenvalue weighted by Crippen LogP contribution is -2.51. The van der Waals surface area contributed by atoms with Crippen molar-refractivity contribution in [1.82, 2.24) is 19.6 Å². The van der Waals surface area contributed by atoms with E-state index in [1.807, 2.05) is 30.3 Å². The summed E-state index contributed by atoms with van der Waals surface area (Å²) >= 11 is 0. The lowest BCUT2D eigenvalue weighted by molar-refractivity contribution is 0.0528. The van der Waals surface area contributed by atoms with E-state index in [-0.39, 0.29) is 36.2 Å². The molecular formula is C26H28N4O6. The Morgan fingerprint density at radius 2 is 1.53 bits per heavy atom. The molecule has 3 aromatic rings. The number of hydrogen-bond acceptors (Lipinski definition) is 7. The number of ether oxygens (including phenoxy) is 3. The van der Waals surface area contributed by atoms with Crippen LogP contribution < -0.4 is 19.8 Å². The molecule has 2 heterocycles. The van der Waals surface area contributed by atoms with E-state index in [0.717, 1.165) is 0 Å². The second-order valence-corrected chi connectivity index (χ2v) is 8.09. The second-order valence-electron chi connectivity index (χ2n) is 8.09. The van der Waals surface area contributed by atoms with Gasteiger partial charge in [-0.05, 0) is 30.3 Å². The minimum absolute atomic E-state index is 0.172. The van der Waals surface area contributed by atoms with E-state index in [0.29, 0.717) is 49.0 Å². The van der Waals surface area contributed by atoms with Crippen molar-refractivity contribution in [3.8, 4) is 17.2 Å². The first-order valence-electron chi connectivity index (χ1n) is 11.6. The van der Waals surface area contributed by atoms with E-state index >= 15 is 0 Å². The fraction of sp³-hybridized carbons (Fsp3) is 0.308. The molecule has 188 valence electrons. The monoisotopic (exact) mass is 492 g/mol. The Morgan fingerprint density at radius 3 is 2.19 bits per heavy atom. The lowest BCUT2D eigenvalue weighted by atomic mass is 10.1. The van der Waals surface area contributed by atoms with Gasteiger partial charge in [-0.2, -0.15) is 5.10 Å². The minimum Gasteiger partial charge on any atom is -0.497 e. The Labute approximate surface area is 208 Å². The van der Waals surface area contributed by atoms with Gasteiger partial charge in [0.15, 0.2) is 0 Å². The average Bonchev–Trinajstić information content (AvgIpc) is 2.93. The maximum atomic E-state index is 13.1. The van der Waals surface area contributed by atoms with E-state index < -0.39 is 0 Å². The molecule has 0 unspecified atom stereocenters. The van der Waals surface area contributed by atoms with Gasteiger partial charge >= 0.3 is 0 Å². The molecule has 36 heavy (non-hydrogen) atoms. The number of nitrogens with zero attached hydrogens (tertiary/aromatic N) is 4. The van der Waals surface area contributed by atoms with Crippen LogP contribution in [0.3, 0.4) is 0 Å². The molecule has 0 saturated carbocycles. The van der Waals surface area contributed by atoms with Crippen LogP contribution in [0.2, 0.25) is 0 Å². The summed E-state index contributed by atoms with van der Waals surface area (Å²) in [6.07, 6.45) is 0. The highest BCUT2D eigenvalue weighted by atomic mass is 16.5. The standard InChI is InChI=1S/C26H28N4O6/c1-34-20-8-9-21(23(18-20)35-2)25(32)28-12-14-29(15-13-28)26(33)22-10-11-24(31)30(27-22)16-17-36-19-6-4-3-5-7-19/h3-11,18H,12-17H2,1-2H3. The van der Waals surface area contributed by atoms with Crippen LogP contribution in [0.4, 0.5) is 0 Å². The number of aromatic nitrogens is 2. The molecular weight excluding hydrogens is 464 g/mol. The number of benzene rings is 2. The summed E-state index contributed by atoms with van der Waals surface area (Å²) < 4.78 is 17.4. The van der Waals surface area contributed by atoms with E-state index in [2.05, 4.69) is 5.10 Å². The predicted octanol–water partition coefficient (Wildman–Crippen LogP) is 1.94. The van der Waals surface area contributed by atoms with E-state index in [1.54, 1.807) is 35.1 Å². The van der Waals surface area contributed by atoms with Crippen molar-refractivity contribution in [2.24, 2.45) is 0 Å². The van der Waals surface area contributed by atoms with Crippen LogP contribution in [0.5, 0.6) is 17.2 Å². The summed E-state index contributed by atoms with van der Waals surface area (Å²) in [6.45, 7) is 1.88. The SMILES string of the molecule is COc1ccc(C(=O)N2CCN(C(=O)c3ccc(=O)n(CCOc4ccccc4)n3)CC2)c(OC)c1. The quantitative estimate of drug-likeness (QED) is 0.473. The average molecular weight is 493 g/mol. The van der Waals surface area contributed by atoms with E-state index in [1.165, 1.54) is 23.9 Å². The minimum atomic E-state index is -0.313. The molecule has 0 radical (unpaired) electrons. The van der Waals surface area contributed by atoms with Gasteiger partial charge in [-0.15, -0.1) is 0 Å². The number of hydrogen-bond donors (Lipinski definition) is 0. The van der Waals surface area contributed by atoms with E-state index in [4.69, 9.17) is 14.2 Å². The van der Waals surface area contributed by atoms with Crippen LogP contribution in [0.15, 0.2) is 65.5 Å². The van der Waals surface area contributed by atoms with Crippen LogP contribution in [0.1, 0.15) is 20.8 Å². The van der Waals surface area contributed by atoms with Crippen LogP contribution in [0.25, 0.3) is 0 Å². The maximum absolute atomic E-state index is 13.1. The van der Waals surface area contributed by atoms with Gasteiger partial charge < -0.3 is 24.0 Å². The van der Waals surface area contributed by atoms with Gasteiger partial charge in [0.05, 0.1) is 26.3 Å². The van der Waals surface area contributed by atoms with Crippen LogP contribution in [-0.4, -0.2) is 78.4 Å². The molecule has 1 fully saturated rings. The summed E-state index contributed by atoms with van der Waals surface area (Å²) in [5.74, 6) is 1.26. The Morgan fingerprint density at radius 1 is 0.833 bits per heavy atom. The summed E-state index contributed by atoms with van der Waals surface area (Å²) in [4.78, 5) is 41.6. The first-order chi connectivity index (χ1) is 17.5. The third-order valence-electron chi connectivity index (χ3n) is 5.89. The first-order valence-corrected chi connectivity index (χ1v) is 11.6. The number of rotatable bonds is 8. The number of para-hydroxylation sites is 1. The molecule has 0 aliphatic carbocycles. The summed E-state index contributed by atoms with van der Waals surface area (Å²) in [5, 5.41) is 4.24. The summed E-state index contributed by atoms with van der Waals surface area (Å²) in [5.41, 5.74) is 0.294. The zero-order chi connectivity index (χ0) is 25.5. The predicted molar refractivity (Wildman–Crippen MR) is 132 cm³/mol. The van der Waals surface area contributed by atoms with Gasteiger partial charge in [0, 0.05) is 38.3 Å². The molecule has 0 spiro atoms. The third-order valence-corrected chi connectivity index (χ3v) is 5.89. The fourth-order valence-corrected chi connectivity index (χ4v) is 3.91. The summed E-state index contributed by atoms with van der Waals surface area (Å²) in [7, 11) is 3.05. The van der Waals surface area contributed by atoms with Gasteiger partial charge in [0.2, 0.25) is 0 Å². The Bertz CT molecular complexity index is 1270. The van der Waals surface area contributed by atoms with Crippen LogP contribution >= 0.6 is 0 Å². The van der Waals surface area contributed by atoms with Gasteiger partial charge in [-0.1, -0.05) is 18.2 Å². The van der Waals surface area contributed by atoms with Crippen molar-refractivity contribution < 1.29 is 23.8 Å². The molecule has 10 nitrogen and oxygen atoms in total. The molecule has 1 aliphatic rings. The lowest BCUT2D eigenvalue weighted by Gasteiger charge is -2.34. The number of amides is 2.